The molecular formula is C21H24N2O2S. The van der Waals surface area contributed by atoms with Crippen LogP contribution in [0.3, 0.4) is 0 Å². The second kappa shape index (κ2) is 7.05. The number of thioether (sulfide) groups is 1. The Morgan fingerprint density at radius 3 is 2.73 bits per heavy atom. The number of ether oxygens (including phenoxy) is 1. The highest BCUT2D eigenvalue weighted by atomic mass is 32.2. The van der Waals surface area contributed by atoms with Gasteiger partial charge in [-0.15, -0.1) is 11.8 Å². The van der Waals surface area contributed by atoms with E-state index in [1.807, 2.05) is 60.8 Å². The molecule has 0 aliphatic carbocycles. The van der Waals surface area contributed by atoms with Crippen molar-refractivity contribution in [3.05, 3.63) is 65.0 Å². The Morgan fingerprint density at radius 1 is 1.27 bits per heavy atom. The first kappa shape index (κ1) is 17.6. The van der Waals surface area contributed by atoms with Crippen LogP contribution in [0.25, 0.3) is 0 Å². The van der Waals surface area contributed by atoms with Gasteiger partial charge in [0, 0.05) is 30.6 Å². The summed E-state index contributed by atoms with van der Waals surface area (Å²) in [6.07, 6.45) is 3.06. The molecular weight excluding hydrogens is 344 g/mol. The van der Waals surface area contributed by atoms with E-state index in [2.05, 4.69) is 11.1 Å². The standard InChI is InChI=1S/C21H24N2O2S/c1-15-7-16(2)9-17(8-15)20(24)23-13-21(14-23)10-19(12-26-21)25-11-18-5-3-4-6-22-18/h3-9,19H,10-14H2,1-2H3. The molecule has 2 aliphatic heterocycles. The van der Waals surface area contributed by atoms with E-state index in [0.717, 1.165) is 47.6 Å². The summed E-state index contributed by atoms with van der Waals surface area (Å²) in [7, 11) is 0. The molecule has 2 aliphatic rings. The van der Waals surface area contributed by atoms with E-state index in [1.54, 1.807) is 6.20 Å². The number of aryl methyl sites for hydroxylation is 2. The summed E-state index contributed by atoms with van der Waals surface area (Å²) in [6.45, 7) is 6.29. The molecule has 1 amide bonds. The topological polar surface area (TPSA) is 42.4 Å². The summed E-state index contributed by atoms with van der Waals surface area (Å²) in [5.41, 5.74) is 4.06. The van der Waals surface area contributed by atoms with E-state index >= 15 is 0 Å². The Hall–Kier alpha value is -1.85. The number of carbonyl (C=O) groups excluding carboxylic acids is 1. The normalized spacial score (nSPS) is 21.0. The smallest absolute Gasteiger partial charge is 0.253 e. The predicted octanol–water partition coefficient (Wildman–Crippen LogP) is 3.62. The van der Waals surface area contributed by atoms with Gasteiger partial charge in [0.2, 0.25) is 0 Å². The molecule has 2 aromatic rings. The Balaban J connectivity index is 1.30. The van der Waals surface area contributed by atoms with E-state index in [9.17, 15) is 4.79 Å². The van der Waals surface area contributed by atoms with Crippen molar-refractivity contribution < 1.29 is 9.53 Å². The van der Waals surface area contributed by atoms with E-state index < -0.39 is 0 Å². The van der Waals surface area contributed by atoms with Crippen molar-refractivity contribution in [1.29, 1.82) is 0 Å². The van der Waals surface area contributed by atoms with Crippen LogP contribution in [0.4, 0.5) is 0 Å². The fourth-order valence-electron chi connectivity index (χ4n) is 3.89. The second-order valence-corrected chi connectivity index (χ2v) is 8.98. The van der Waals surface area contributed by atoms with Gasteiger partial charge in [-0.2, -0.15) is 0 Å². The molecule has 3 heterocycles. The van der Waals surface area contributed by atoms with E-state index in [0.29, 0.717) is 6.61 Å². The van der Waals surface area contributed by atoms with Crippen molar-refractivity contribution in [2.24, 2.45) is 0 Å². The molecule has 26 heavy (non-hydrogen) atoms. The first-order valence-electron chi connectivity index (χ1n) is 9.06. The maximum absolute atomic E-state index is 12.7. The van der Waals surface area contributed by atoms with Gasteiger partial charge < -0.3 is 9.64 Å². The Bertz CT molecular complexity index is 783. The van der Waals surface area contributed by atoms with Gasteiger partial charge in [-0.25, -0.2) is 0 Å². The van der Waals surface area contributed by atoms with Gasteiger partial charge in [-0.1, -0.05) is 23.3 Å². The fourth-order valence-corrected chi connectivity index (χ4v) is 5.44. The van der Waals surface area contributed by atoms with Crippen LogP contribution < -0.4 is 0 Å². The number of rotatable bonds is 4. The lowest BCUT2D eigenvalue weighted by molar-refractivity contribution is 0.0245. The number of hydrogen-bond donors (Lipinski definition) is 0. The van der Waals surface area contributed by atoms with Gasteiger partial charge in [-0.3, -0.25) is 9.78 Å². The van der Waals surface area contributed by atoms with Crippen LogP contribution in [0.2, 0.25) is 0 Å². The molecule has 1 unspecified atom stereocenters. The predicted molar refractivity (Wildman–Crippen MR) is 104 cm³/mol. The number of hydrogen-bond acceptors (Lipinski definition) is 4. The molecule has 1 atom stereocenters. The van der Waals surface area contributed by atoms with Crippen molar-refractivity contribution in [1.82, 2.24) is 9.88 Å². The molecule has 0 N–H and O–H groups in total. The third-order valence-electron chi connectivity index (χ3n) is 5.08. The largest absolute Gasteiger partial charge is 0.371 e. The minimum absolute atomic E-state index is 0.154. The third kappa shape index (κ3) is 3.64. The second-order valence-electron chi connectivity index (χ2n) is 7.49. The monoisotopic (exact) mass is 368 g/mol. The Morgan fingerprint density at radius 2 is 2.04 bits per heavy atom. The van der Waals surface area contributed by atoms with Crippen LogP contribution in [0.5, 0.6) is 0 Å². The van der Waals surface area contributed by atoms with Crippen LogP contribution in [0.1, 0.15) is 33.6 Å². The van der Waals surface area contributed by atoms with E-state index in [4.69, 9.17) is 4.74 Å². The minimum Gasteiger partial charge on any atom is -0.371 e. The lowest BCUT2D eigenvalue weighted by Crippen LogP contribution is -2.60. The van der Waals surface area contributed by atoms with Crippen LogP contribution >= 0.6 is 11.8 Å². The zero-order valence-corrected chi connectivity index (χ0v) is 16.1. The number of amides is 1. The van der Waals surface area contributed by atoms with Gasteiger partial charge in [-0.05, 0) is 44.5 Å². The van der Waals surface area contributed by atoms with Crippen molar-refractivity contribution >= 4 is 17.7 Å². The zero-order valence-electron chi connectivity index (χ0n) is 15.3. The maximum atomic E-state index is 12.7. The van der Waals surface area contributed by atoms with Crippen molar-refractivity contribution in [3.8, 4) is 0 Å². The molecule has 1 aromatic heterocycles. The average molecular weight is 369 g/mol. The summed E-state index contributed by atoms with van der Waals surface area (Å²) < 4.78 is 6.23. The molecule has 5 heteroatoms. The molecule has 4 rings (SSSR count). The number of pyridine rings is 1. The highest BCUT2D eigenvalue weighted by Gasteiger charge is 2.51. The molecule has 1 spiro atoms. The number of likely N-dealkylation sites (tertiary alicyclic amines) is 1. The van der Waals surface area contributed by atoms with Crippen LogP contribution in [-0.4, -0.2) is 45.5 Å². The van der Waals surface area contributed by atoms with Crippen LogP contribution in [0.15, 0.2) is 42.6 Å². The Kier molecular flexibility index (Phi) is 4.76. The third-order valence-corrected chi connectivity index (χ3v) is 6.66. The number of carbonyl (C=O) groups is 1. The molecule has 4 nitrogen and oxygen atoms in total. The Labute approximate surface area is 159 Å². The van der Waals surface area contributed by atoms with Crippen molar-refractivity contribution in [2.45, 2.75) is 37.7 Å². The SMILES string of the molecule is Cc1cc(C)cc(C(=O)N2CC3(CC(OCc4ccccn4)CS3)C2)c1. The number of benzene rings is 1. The lowest BCUT2D eigenvalue weighted by Gasteiger charge is -2.47. The first-order chi connectivity index (χ1) is 12.5. The van der Waals surface area contributed by atoms with Crippen LogP contribution in [-0.2, 0) is 11.3 Å². The van der Waals surface area contributed by atoms with Gasteiger partial charge >= 0.3 is 0 Å². The van der Waals surface area contributed by atoms with Crippen molar-refractivity contribution in [2.75, 3.05) is 18.8 Å². The lowest BCUT2D eigenvalue weighted by atomic mass is 9.92. The summed E-state index contributed by atoms with van der Waals surface area (Å²) >= 11 is 1.96. The van der Waals surface area contributed by atoms with Gasteiger partial charge in [0.05, 0.1) is 23.2 Å². The van der Waals surface area contributed by atoms with Gasteiger partial charge in [0.15, 0.2) is 0 Å². The zero-order chi connectivity index (χ0) is 18.1. The molecule has 2 fully saturated rings. The highest BCUT2D eigenvalue weighted by Crippen LogP contribution is 2.46. The fraction of sp³-hybridized carbons (Fsp3) is 0.429. The molecule has 0 bridgehead atoms. The molecule has 0 radical (unpaired) electrons. The number of nitrogens with zero attached hydrogens (tertiary/aromatic N) is 2. The van der Waals surface area contributed by atoms with Gasteiger partial charge in [0.25, 0.3) is 5.91 Å². The van der Waals surface area contributed by atoms with Crippen LogP contribution in [0, 0.1) is 13.8 Å². The number of aromatic nitrogens is 1. The van der Waals surface area contributed by atoms with E-state index in [1.165, 1.54) is 0 Å². The summed E-state index contributed by atoms with van der Waals surface area (Å²) in [6, 6.07) is 12.0. The maximum Gasteiger partial charge on any atom is 0.253 e. The molecule has 1 aromatic carbocycles. The molecule has 2 saturated heterocycles. The van der Waals surface area contributed by atoms with E-state index in [-0.39, 0.29) is 16.8 Å². The van der Waals surface area contributed by atoms with Crippen molar-refractivity contribution in [3.63, 3.8) is 0 Å². The quantitative estimate of drug-likeness (QED) is 0.827. The van der Waals surface area contributed by atoms with Gasteiger partial charge in [0.1, 0.15) is 0 Å². The summed E-state index contributed by atoms with van der Waals surface area (Å²) in [4.78, 5) is 19.0. The molecule has 0 saturated carbocycles. The molecule has 136 valence electrons. The highest BCUT2D eigenvalue weighted by molar-refractivity contribution is 8.01. The average Bonchev–Trinajstić information content (AvgIpc) is 3.03. The summed E-state index contributed by atoms with van der Waals surface area (Å²) in [5, 5.41) is 0. The summed E-state index contributed by atoms with van der Waals surface area (Å²) in [5.74, 6) is 1.15. The first-order valence-corrected chi connectivity index (χ1v) is 10.0. The minimum atomic E-state index is 0.154.